The van der Waals surface area contributed by atoms with Crippen molar-refractivity contribution < 1.29 is 9.90 Å². The van der Waals surface area contributed by atoms with Crippen LogP contribution < -0.4 is 0 Å². The van der Waals surface area contributed by atoms with Crippen LogP contribution in [0.25, 0.3) is 6.08 Å². The van der Waals surface area contributed by atoms with Crippen molar-refractivity contribution in [2.24, 2.45) is 0 Å². The molecular weight excluding hydrogens is 288 g/mol. The van der Waals surface area contributed by atoms with Crippen LogP contribution in [0.5, 0.6) is 0 Å². The summed E-state index contributed by atoms with van der Waals surface area (Å²) in [6.07, 6.45) is 2.75. The van der Waals surface area contributed by atoms with E-state index in [2.05, 4.69) is 9.36 Å². The van der Waals surface area contributed by atoms with Gasteiger partial charge in [-0.3, -0.25) is 0 Å². The zero-order valence-corrected chi connectivity index (χ0v) is 11.9. The lowest BCUT2D eigenvalue weighted by atomic mass is 10.3. The van der Waals surface area contributed by atoms with Gasteiger partial charge in [-0.1, -0.05) is 11.8 Å². The van der Waals surface area contributed by atoms with E-state index < -0.39 is 5.97 Å². The monoisotopic (exact) mass is 298 g/mol. The minimum Gasteiger partial charge on any atom is -0.478 e. The molecule has 0 radical (unpaired) electrons. The molecule has 0 bridgehead atoms. The quantitative estimate of drug-likeness (QED) is 0.678. The highest BCUT2D eigenvalue weighted by atomic mass is 32.2. The van der Waals surface area contributed by atoms with Gasteiger partial charge in [-0.2, -0.15) is 4.37 Å². The highest BCUT2D eigenvalue weighted by Crippen LogP contribution is 2.27. The number of aryl methyl sites for hydroxylation is 1. The number of aliphatic carboxylic acids is 1. The molecule has 1 N–H and O–H groups in total. The third-order valence-electron chi connectivity index (χ3n) is 1.94. The molecule has 94 valence electrons. The second-order valence-corrected chi connectivity index (χ2v) is 6.38. The van der Waals surface area contributed by atoms with Crippen LogP contribution in [-0.2, 0) is 10.5 Å². The van der Waals surface area contributed by atoms with Crippen LogP contribution in [0.4, 0.5) is 0 Å². The van der Waals surface area contributed by atoms with Crippen LogP contribution >= 0.6 is 34.6 Å². The topological polar surface area (TPSA) is 63.1 Å². The first-order valence-corrected chi connectivity index (χ1v) is 7.69. The number of hydrogen-bond acceptors (Lipinski definition) is 6. The predicted octanol–water partition coefficient (Wildman–Crippen LogP) is 3.30. The van der Waals surface area contributed by atoms with E-state index in [-0.39, 0.29) is 0 Å². The molecule has 0 aliphatic rings. The van der Waals surface area contributed by atoms with Crippen molar-refractivity contribution in [3.8, 4) is 0 Å². The lowest BCUT2D eigenvalue weighted by Crippen LogP contribution is -1.84. The standard InChI is InChI=1S/C11H10N2O2S3/c1-7-12-11(18-13-7)17-6-9-4-8(5-16-9)2-3-10(14)15/h2-5H,6H2,1H3,(H,14,15). The third-order valence-corrected chi connectivity index (χ3v) is 5.05. The van der Waals surface area contributed by atoms with Crippen molar-refractivity contribution in [3.05, 3.63) is 33.8 Å². The van der Waals surface area contributed by atoms with Gasteiger partial charge in [0.2, 0.25) is 0 Å². The van der Waals surface area contributed by atoms with Gasteiger partial charge in [-0.25, -0.2) is 9.78 Å². The second-order valence-electron chi connectivity index (χ2n) is 3.41. The predicted molar refractivity (Wildman–Crippen MR) is 75.2 cm³/mol. The zero-order valence-electron chi connectivity index (χ0n) is 9.49. The van der Waals surface area contributed by atoms with Crippen LogP contribution in [0.15, 0.2) is 21.9 Å². The van der Waals surface area contributed by atoms with Gasteiger partial charge in [0, 0.05) is 16.7 Å². The number of thioether (sulfide) groups is 1. The molecule has 0 amide bonds. The smallest absolute Gasteiger partial charge is 0.328 e. The van der Waals surface area contributed by atoms with Crippen LogP contribution in [-0.4, -0.2) is 20.4 Å². The van der Waals surface area contributed by atoms with E-state index in [0.29, 0.717) is 0 Å². The van der Waals surface area contributed by atoms with E-state index >= 15 is 0 Å². The Bertz CT molecular complexity index is 574. The first-order chi connectivity index (χ1) is 8.63. The molecule has 0 fully saturated rings. The van der Waals surface area contributed by atoms with E-state index in [4.69, 9.17) is 5.11 Å². The molecule has 2 heterocycles. The molecule has 0 aromatic carbocycles. The van der Waals surface area contributed by atoms with E-state index in [1.807, 2.05) is 18.4 Å². The maximum atomic E-state index is 10.4. The van der Waals surface area contributed by atoms with Gasteiger partial charge >= 0.3 is 5.97 Å². The van der Waals surface area contributed by atoms with Crippen LogP contribution in [0.1, 0.15) is 16.3 Å². The molecule has 0 saturated carbocycles. The molecule has 0 aliphatic carbocycles. The number of hydrogen-bond donors (Lipinski definition) is 1. The Kier molecular flexibility index (Phi) is 4.51. The average molecular weight is 298 g/mol. The Morgan fingerprint density at radius 1 is 1.61 bits per heavy atom. The molecule has 2 aromatic rings. The van der Waals surface area contributed by atoms with Crippen LogP contribution in [0.2, 0.25) is 0 Å². The van der Waals surface area contributed by atoms with Gasteiger partial charge in [-0.05, 0) is 41.5 Å². The lowest BCUT2D eigenvalue weighted by Gasteiger charge is -1.92. The van der Waals surface area contributed by atoms with Crippen molar-refractivity contribution in [1.29, 1.82) is 0 Å². The molecule has 2 rings (SSSR count). The van der Waals surface area contributed by atoms with Crippen molar-refractivity contribution >= 4 is 46.7 Å². The Labute approximate surface area is 117 Å². The summed E-state index contributed by atoms with van der Waals surface area (Å²) >= 11 is 4.67. The first kappa shape index (κ1) is 13.3. The molecule has 7 heteroatoms. The van der Waals surface area contributed by atoms with Gasteiger partial charge in [0.1, 0.15) is 5.82 Å². The Morgan fingerprint density at radius 3 is 3.11 bits per heavy atom. The fourth-order valence-corrected chi connectivity index (χ4v) is 3.75. The number of carboxylic acid groups (broad SMARTS) is 1. The third kappa shape index (κ3) is 3.94. The van der Waals surface area contributed by atoms with E-state index in [1.54, 1.807) is 29.2 Å². The molecule has 0 spiro atoms. The summed E-state index contributed by atoms with van der Waals surface area (Å²) in [6.45, 7) is 1.88. The van der Waals surface area contributed by atoms with Gasteiger partial charge in [0.25, 0.3) is 0 Å². The maximum Gasteiger partial charge on any atom is 0.328 e. The molecule has 2 aromatic heterocycles. The van der Waals surface area contributed by atoms with Crippen LogP contribution in [0.3, 0.4) is 0 Å². The number of thiophene rings is 1. The van der Waals surface area contributed by atoms with Gasteiger partial charge in [0.05, 0.1) is 0 Å². The van der Waals surface area contributed by atoms with E-state index in [1.165, 1.54) is 16.4 Å². The zero-order chi connectivity index (χ0) is 13.0. The summed E-state index contributed by atoms with van der Waals surface area (Å²) in [4.78, 5) is 15.9. The molecular formula is C11H10N2O2S3. The summed E-state index contributed by atoms with van der Waals surface area (Å²) in [5, 5.41) is 10.5. The average Bonchev–Trinajstić information content (AvgIpc) is 2.93. The number of nitrogens with zero attached hydrogens (tertiary/aromatic N) is 2. The lowest BCUT2D eigenvalue weighted by molar-refractivity contribution is -0.131. The Hall–Kier alpha value is -1.18. The summed E-state index contributed by atoms with van der Waals surface area (Å²) in [7, 11) is 0. The van der Waals surface area contributed by atoms with E-state index in [9.17, 15) is 4.79 Å². The molecule has 0 unspecified atom stereocenters. The largest absolute Gasteiger partial charge is 0.478 e. The number of carbonyl (C=O) groups is 1. The number of rotatable bonds is 5. The molecule has 18 heavy (non-hydrogen) atoms. The normalized spacial score (nSPS) is 11.2. The summed E-state index contributed by atoms with van der Waals surface area (Å²) in [5.74, 6) is 0.709. The summed E-state index contributed by atoms with van der Waals surface area (Å²) < 4.78 is 5.08. The number of aromatic nitrogens is 2. The highest BCUT2D eigenvalue weighted by Gasteiger charge is 2.03. The minimum absolute atomic E-state index is 0.804. The second kappa shape index (κ2) is 6.12. The maximum absolute atomic E-state index is 10.4. The van der Waals surface area contributed by atoms with Gasteiger partial charge in [-0.15, -0.1) is 11.3 Å². The van der Waals surface area contributed by atoms with Crippen molar-refractivity contribution in [3.63, 3.8) is 0 Å². The SMILES string of the molecule is Cc1nsc(SCc2cc(C=CC(=O)O)cs2)n1. The molecule has 4 nitrogen and oxygen atoms in total. The fourth-order valence-electron chi connectivity index (χ4n) is 1.20. The first-order valence-electron chi connectivity index (χ1n) is 5.05. The van der Waals surface area contributed by atoms with Gasteiger partial charge < -0.3 is 5.11 Å². The van der Waals surface area contributed by atoms with Gasteiger partial charge in [0.15, 0.2) is 4.34 Å². The van der Waals surface area contributed by atoms with Crippen molar-refractivity contribution in [1.82, 2.24) is 9.36 Å². The number of carboxylic acids is 1. The Balaban J connectivity index is 1.92. The molecule has 0 saturated heterocycles. The van der Waals surface area contributed by atoms with Crippen LogP contribution in [0, 0.1) is 6.92 Å². The Morgan fingerprint density at radius 2 is 2.44 bits per heavy atom. The molecule has 0 atom stereocenters. The highest BCUT2D eigenvalue weighted by molar-refractivity contribution is 8.00. The molecule has 0 aliphatic heterocycles. The summed E-state index contributed by atoms with van der Waals surface area (Å²) in [6, 6.07) is 1.99. The van der Waals surface area contributed by atoms with E-state index in [0.717, 1.165) is 27.6 Å². The van der Waals surface area contributed by atoms with Crippen molar-refractivity contribution in [2.45, 2.75) is 17.0 Å². The van der Waals surface area contributed by atoms with Crippen molar-refractivity contribution in [2.75, 3.05) is 0 Å². The fraction of sp³-hybridized carbons (Fsp3) is 0.182. The summed E-state index contributed by atoms with van der Waals surface area (Å²) in [5.41, 5.74) is 0.923. The minimum atomic E-state index is -0.929.